The summed E-state index contributed by atoms with van der Waals surface area (Å²) in [5, 5.41) is 0. The van der Waals surface area contributed by atoms with Crippen molar-refractivity contribution in [2.45, 2.75) is 13.0 Å². The molecule has 6 nitrogen and oxygen atoms in total. The summed E-state index contributed by atoms with van der Waals surface area (Å²) in [7, 11) is 3.05. The van der Waals surface area contributed by atoms with Crippen LogP contribution in [0, 0.1) is 0 Å². The van der Waals surface area contributed by atoms with E-state index in [4.69, 9.17) is 15.2 Å². The highest BCUT2D eigenvalue weighted by molar-refractivity contribution is 5.95. The molecule has 0 heterocycles. The molecule has 0 atom stereocenters. The van der Waals surface area contributed by atoms with E-state index < -0.39 is 5.91 Å². The van der Waals surface area contributed by atoms with E-state index in [1.54, 1.807) is 23.1 Å². The monoisotopic (exact) mass is 342 g/mol. The molecular weight excluding hydrogens is 320 g/mol. The molecule has 0 aliphatic heterocycles. The normalized spacial score (nSPS) is 10.2. The first-order chi connectivity index (χ1) is 12.0. The van der Waals surface area contributed by atoms with Crippen molar-refractivity contribution in [1.82, 2.24) is 4.90 Å². The summed E-state index contributed by atoms with van der Waals surface area (Å²) in [6.07, 6.45) is 0.0969. The van der Waals surface area contributed by atoms with Gasteiger partial charge in [0.25, 0.3) is 5.91 Å². The molecule has 0 saturated heterocycles. The molecule has 2 rings (SSSR count). The summed E-state index contributed by atoms with van der Waals surface area (Å²) in [4.78, 5) is 25.7. The topological polar surface area (TPSA) is 81.9 Å². The van der Waals surface area contributed by atoms with Crippen LogP contribution in [0.3, 0.4) is 0 Å². The van der Waals surface area contributed by atoms with E-state index in [-0.39, 0.29) is 18.9 Å². The van der Waals surface area contributed by atoms with Crippen LogP contribution in [0.2, 0.25) is 0 Å². The number of carbonyl (C=O) groups is 2. The van der Waals surface area contributed by atoms with Crippen LogP contribution in [0.15, 0.2) is 48.5 Å². The summed E-state index contributed by atoms with van der Waals surface area (Å²) >= 11 is 0. The average molecular weight is 342 g/mol. The fourth-order valence-electron chi connectivity index (χ4n) is 2.41. The summed E-state index contributed by atoms with van der Waals surface area (Å²) in [6.45, 7) is 0.620. The van der Waals surface area contributed by atoms with E-state index in [1.807, 2.05) is 30.3 Å². The van der Waals surface area contributed by atoms with Crippen LogP contribution in [0.4, 0.5) is 0 Å². The number of benzene rings is 2. The number of nitrogens with zero attached hydrogens (tertiary/aromatic N) is 1. The van der Waals surface area contributed by atoms with Crippen molar-refractivity contribution in [3.63, 3.8) is 0 Å². The van der Waals surface area contributed by atoms with Crippen LogP contribution in [0.1, 0.15) is 22.3 Å². The van der Waals surface area contributed by atoms with E-state index in [0.29, 0.717) is 23.6 Å². The Balaban J connectivity index is 2.28. The average Bonchev–Trinajstić information content (AvgIpc) is 2.64. The second-order valence-corrected chi connectivity index (χ2v) is 5.53. The van der Waals surface area contributed by atoms with Gasteiger partial charge in [-0.05, 0) is 17.7 Å². The van der Waals surface area contributed by atoms with Crippen LogP contribution in [0.25, 0.3) is 0 Å². The van der Waals surface area contributed by atoms with Gasteiger partial charge < -0.3 is 20.1 Å². The Morgan fingerprint density at radius 2 is 1.60 bits per heavy atom. The largest absolute Gasteiger partial charge is 0.497 e. The lowest BCUT2D eigenvalue weighted by atomic mass is 10.1. The van der Waals surface area contributed by atoms with E-state index in [2.05, 4.69) is 0 Å². The number of carbonyl (C=O) groups excluding carboxylic acids is 2. The molecule has 0 saturated carbocycles. The lowest BCUT2D eigenvalue weighted by Gasteiger charge is -2.23. The molecule has 0 aliphatic rings. The number of hydrogen-bond donors (Lipinski definition) is 1. The van der Waals surface area contributed by atoms with Gasteiger partial charge in [-0.15, -0.1) is 0 Å². The highest BCUT2D eigenvalue weighted by Gasteiger charge is 2.18. The number of primary amides is 1. The predicted molar refractivity (Wildman–Crippen MR) is 94.5 cm³/mol. The highest BCUT2D eigenvalue weighted by Crippen LogP contribution is 2.24. The van der Waals surface area contributed by atoms with E-state index in [1.165, 1.54) is 14.2 Å². The Hall–Kier alpha value is -3.02. The standard InChI is InChI=1S/C19H22N2O4/c1-24-16-10-15(11-17(12-16)25-2)19(23)21(9-8-18(20)22)13-14-6-4-3-5-7-14/h3-7,10-12H,8-9,13H2,1-2H3,(H2,20,22). The minimum Gasteiger partial charge on any atom is -0.497 e. The zero-order valence-electron chi connectivity index (χ0n) is 14.4. The molecule has 0 radical (unpaired) electrons. The smallest absolute Gasteiger partial charge is 0.254 e. The molecule has 132 valence electrons. The van der Waals surface area contributed by atoms with Gasteiger partial charge in [0, 0.05) is 31.1 Å². The molecule has 2 amide bonds. The maximum Gasteiger partial charge on any atom is 0.254 e. The Morgan fingerprint density at radius 3 is 2.12 bits per heavy atom. The molecule has 0 aromatic heterocycles. The molecule has 25 heavy (non-hydrogen) atoms. The summed E-state index contributed by atoms with van der Waals surface area (Å²) < 4.78 is 10.4. The summed E-state index contributed by atoms with van der Waals surface area (Å²) in [5.74, 6) is 0.380. The molecule has 2 aromatic carbocycles. The lowest BCUT2D eigenvalue weighted by Crippen LogP contribution is -2.33. The second-order valence-electron chi connectivity index (χ2n) is 5.53. The third-order valence-electron chi connectivity index (χ3n) is 3.73. The molecule has 6 heteroatoms. The SMILES string of the molecule is COc1cc(OC)cc(C(=O)N(CCC(N)=O)Cc2ccccc2)c1. The maximum atomic E-state index is 13.0. The molecule has 0 fully saturated rings. The molecule has 2 N–H and O–H groups in total. The molecule has 0 bridgehead atoms. The number of nitrogens with two attached hydrogens (primary N) is 1. The molecule has 0 unspecified atom stereocenters. The van der Waals surface area contributed by atoms with Crippen molar-refractivity contribution in [2.75, 3.05) is 20.8 Å². The second kappa shape index (κ2) is 8.73. The van der Waals surface area contributed by atoms with Crippen molar-refractivity contribution in [3.05, 3.63) is 59.7 Å². The zero-order chi connectivity index (χ0) is 18.2. The fourth-order valence-corrected chi connectivity index (χ4v) is 2.41. The minimum atomic E-state index is -0.450. The highest BCUT2D eigenvalue weighted by atomic mass is 16.5. The number of hydrogen-bond acceptors (Lipinski definition) is 4. The summed E-state index contributed by atoms with van der Waals surface area (Å²) in [6, 6.07) is 14.6. The van der Waals surface area contributed by atoms with Gasteiger partial charge in [-0.2, -0.15) is 0 Å². The first-order valence-electron chi connectivity index (χ1n) is 7.88. The third kappa shape index (κ3) is 5.24. The van der Waals surface area contributed by atoms with Crippen LogP contribution in [-0.2, 0) is 11.3 Å². The summed E-state index contributed by atoms with van der Waals surface area (Å²) in [5.41, 5.74) is 6.64. The molecule has 0 spiro atoms. The van der Waals surface area contributed by atoms with Crippen molar-refractivity contribution in [3.8, 4) is 11.5 Å². The molecular formula is C19H22N2O4. The van der Waals surface area contributed by atoms with E-state index >= 15 is 0 Å². The number of ether oxygens (including phenoxy) is 2. The van der Waals surface area contributed by atoms with Gasteiger partial charge in [-0.25, -0.2) is 0 Å². The van der Waals surface area contributed by atoms with Crippen LogP contribution in [0.5, 0.6) is 11.5 Å². The Bertz CT molecular complexity index is 709. The van der Waals surface area contributed by atoms with E-state index in [0.717, 1.165) is 5.56 Å². The van der Waals surface area contributed by atoms with Gasteiger partial charge in [-0.3, -0.25) is 9.59 Å². The van der Waals surface area contributed by atoms with E-state index in [9.17, 15) is 9.59 Å². The Labute approximate surface area is 147 Å². The van der Waals surface area contributed by atoms with Gasteiger partial charge >= 0.3 is 0 Å². The first kappa shape index (κ1) is 18.3. The van der Waals surface area contributed by atoms with Gasteiger partial charge in [0.05, 0.1) is 14.2 Å². The Morgan fingerprint density at radius 1 is 1.00 bits per heavy atom. The van der Waals surface area contributed by atoms with Gasteiger partial charge in [0.1, 0.15) is 11.5 Å². The Kier molecular flexibility index (Phi) is 6.39. The minimum absolute atomic E-state index is 0.0969. The molecule has 0 aliphatic carbocycles. The zero-order valence-corrected chi connectivity index (χ0v) is 14.4. The van der Waals surface area contributed by atoms with Crippen molar-refractivity contribution < 1.29 is 19.1 Å². The van der Waals surface area contributed by atoms with Crippen LogP contribution >= 0.6 is 0 Å². The number of rotatable bonds is 8. The van der Waals surface area contributed by atoms with Gasteiger partial charge in [0.2, 0.25) is 5.91 Å². The van der Waals surface area contributed by atoms with Crippen molar-refractivity contribution in [1.29, 1.82) is 0 Å². The maximum absolute atomic E-state index is 13.0. The first-order valence-corrected chi connectivity index (χ1v) is 7.88. The predicted octanol–water partition coefficient (Wildman–Crippen LogP) is 2.22. The van der Waals surface area contributed by atoms with Crippen LogP contribution < -0.4 is 15.2 Å². The number of methoxy groups -OCH3 is 2. The lowest BCUT2D eigenvalue weighted by molar-refractivity contribution is -0.118. The van der Waals surface area contributed by atoms with Crippen LogP contribution in [-0.4, -0.2) is 37.5 Å². The fraction of sp³-hybridized carbons (Fsp3) is 0.263. The quantitative estimate of drug-likeness (QED) is 0.797. The van der Waals surface area contributed by atoms with Gasteiger partial charge in [-0.1, -0.05) is 30.3 Å². The van der Waals surface area contributed by atoms with Crippen molar-refractivity contribution >= 4 is 11.8 Å². The van der Waals surface area contributed by atoms with Crippen molar-refractivity contribution in [2.24, 2.45) is 5.73 Å². The third-order valence-corrected chi connectivity index (χ3v) is 3.73. The van der Waals surface area contributed by atoms with Gasteiger partial charge in [0.15, 0.2) is 0 Å². The number of amides is 2. The molecule has 2 aromatic rings.